The molecular formula is C21H22BrNO5. The Morgan fingerprint density at radius 3 is 2.54 bits per heavy atom. The van der Waals surface area contributed by atoms with Gasteiger partial charge < -0.3 is 24.3 Å². The lowest BCUT2D eigenvalue weighted by molar-refractivity contribution is -0.111. The lowest BCUT2D eigenvalue weighted by atomic mass is 10.2. The van der Waals surface area contributed by atoms with Crippen molar-refractivity contribution >= 4 is 33.6 Å². The maximum atomic E-state index is 12.3. The molecule has 1 aliphatic heterocycles. The molecule has 0 spiro atoms. The second-order valence-electron chi connectivity index (χ2n) is 6.38. The number of fused-ring (bicyclic) bond motifs is 1. The molecule has 2 aromatic rings. The number of ether oxygens (including phenoxy) is 4. The van der Waals surface area contributed by atoms with Gasteiger partial charge in [-0.15, -0.1) is 0 Å². The van der Waals surface area contributed by atoms with Crippen LogP contribution in [0.5, 0.6) is 23.0 Å². The summed E-state index contributed by atoms with van der Waals surface area (Å²) in [5.74, 6) is 2.28. The summed E-state index contributed by atoms with van der Waals surface area (Å²) in [6.45, 7) is 4.90. The van der Waals surface area contributed by atoms with Gasteiger partial charge in [0.2, 0.25) is 5.91 Å². The first-order chi connectivity index (χ1) is 13.5. The molecule has 0 aliphatic carbocycles. The van der Waals surface area contributed by atoms with Crippen LogP contribution in [-0.2, 0) is 4.79 Å². The molecule has 6 nitrogen and oxygen atoms in total. The highest BCUT2D eigenvalue weighted by Crippen LogP contribution is 2.38. The van der Waals surface area contributed by atoms with Crippen molar-refractivity contribution < 1.29 is 23.7 Å². The van der Waals surface area contributed by atoms with Gasteiger partial charge in [0.15, 0.2) is 23.0 Å². The number of hydrogen-bond acceptors (Lipinski definition) is 5. The number of carbonyl (C=O) groups excluding carboxylic acids is 1. The van der Waals surface area contributed by atoms with Crippen molar-refractivity contribution in [2.24, 2.45) is 0 Å². The number of rotatable bonds is 6. The van der Waals surface area contributed by atoms with Gasteiger partial charge in [-0.3, -0.25) is 4.79 Å². The third kappa shape index (κ3) is 4.98. The van der Waals surface area contributed by atoms with Gasteiger partial charge in [0.25, 0.3) is 0 Å². The topological polar surface area (TPSA) is 66.0 Å². The summed E-state index contributed by atoms with van der Waals surface area (Å²) in [7, 11) is 1.59. The molecule has 1 heterocycles. The molecule has 148 valence electrons. The molecule has 0 saturated heterocycles. The Morgan fingerprint density at radius 1 is 1.14 bits per heavy atom. The van der Waals surface area contributed by atoms with E-state index in [1.807, 2.05) is 32.0 Å². The van der Waals surface area contributed by atoms with Crippen LogP contribution in [0.2, 0.25) is 0 Å². The van der Waals surface area contributed by atoms with Crippen LogP contribution in [0.25, 0.3) is 6.08 Å². The first kappa shape index (κ1) is 20.1. The normalized spacial score (nSPS) is 12.9. The van der Waals surface area contributed by atoms with Gasteiger partial charge >= 0.3 is 0 Å². The van der Waals surface area contributed by atoms with E-state index in [1.165, 1.54) is 6.08 Å². The standard InChI is InChI=1S/C21H22BrNO5/c1-13(2)28-17-6-4-14(10-18(17)25-3)5-7-21(24)23-16-12-20-19(11-15(16)22)26-8-9-27-20/h4-7,10-13H,8-9H2,1-3H3,(H,23,24)/b7-5+. The molecule has 7 heteroatoms. The molecule has 1 amide bonds. The Kier molecular flexibility index (Phi) is 6.46. The van der Waals surface area contributed by atoms with Crippen molar-refractivity contribution in [3.05, 3.63) is 46.4 Å². The highest BCUT2D eigenvalue weighted by atomic mass is 79.9. The Bertz CT molecular complexity index is 895. The predicted octanol–water partition coefficient (Wildman–Crippen LogP) is 4.67. The number of anilines is 1. The fraction of sp³-hybridized carbons (Fsp3) is 0.286. The molecule has 0 bridgehead atoms. The van der Waals surface area contributed by atoms with Crippen molar-refractivity contribution in [2.75, 3.05) is 25.6 Å². The highest BCUT2D eigenvalue weighted by Gasteiger charge is 2.15. The highest BCUT2D eigenvalue weighted by molar-refractivity contribution is 9.10. The largest absolute Gasteiger partial charge is 0.493 e. The van der Waals surface area contributed by atoms with Gasteiger partial charge in [0, 0.05) is 22.7 Å². The van der Waals surface area contributed by atoms with E-state index in [9.17, 15) is 4.79 Å². The summed E-state index contributed by atoms with van der Waals surface area (Å²) in [5, 5.41) is 2.83. The smallest absolute Gasteiger partial charge is 0.248 e. The van der Waals surface area contributed by atoms with E-state index in [0.717, 1.165) is 10.0 Å². The van der Waals surface area contributed by atoms with Crippen LogP contribution >= 0.6 is 15.9 Å². The van der Waals surface area contributed by atoms with Crippen LogP contribution in [0, 0.1) is 0 Å². The summed E-state index contributed by atoms with van der Waals surface area (Å²) in [4.78, 5) is 12.3. The zero-order chi connectivity index (χ0) is 20.1. The molecule has 3 rings (SSSR count). The third-order valence-corrected chi connectivity index (χ3v) is 4.52. The van der Waals surface area contributed by atoms with E-state index < -0.39 is 0 Å². The van der Waals surface area contributed by atoms with E-state index >= 15 is 0 Å². The second kappa shape index (κ2) is 9.01. The number of benzene rings is 2. The molecule has 0 aromatic heterocycles. The van der Waals surface area contributed by atoms with E-state index in [2.05, 4.69) is 21.2 Å². The number of nitrogens with one attached hydrogen (secondary N) is 1. The molecular weight excluding hydrogens is 426 g/mol. The van der Waals surface area contributed by atoms with Crippen LogP contribution in [0.15, 0.2) is 40.9 Å². The van der Waals surface area contributed by atoms with E-state index in [-0.39, 0.29) is 12.0 Å². The van der Waals surface area contributed by atoms with Crippen molar-refractivity contribution in [3.63, 3.8) is 0 Å². The zero-order valence-electron chi connectivity index (χ0n) is 16.0. The second-order valence-corrected chi connectivity index (χ2v) is 7.23. The predicted molar refractivity (Wildman–Crippen MR) is 112 cm³/mol. The number of carbonyl (C=O) groups is 1. The summed E-state index contributed by atoms with van der Waals surface area (Å²) >= 11 is 3.44. The molecule has 1 N–H and O–H groups in total. The van der Waals surface area contributed by atoms with Gasteiger partial charge in [0.1, 0.15) is 13.2 Å². The summed E-state index contributed by atoms with van der Waals surface area (Å²) in [5.41, 5.74) is 1.43. The molecule has 1 aliphatic rings. The van der Waals surface area contributed by atoms with E-state index in [4.69, 9.17) is 18.9 Å². The number of amides is 1. The van der Waals surface area contributed by atoms with Crippen LogP contribution in [0.1, 0.15) is 19.4 Å². The fourth-order valence-electron chi connectivity index (χ4n) is 2.65. The SMILES string of the molecule is COc1cc(/C=C/C(=O)Nc2cc3c(cc2Br)OCCO3)ccc1OC(C)C. The van der Waals surface area contributed by atoms with Crippen LogP contribution in [0.3, 0.4) is 0 Å². The van der Waals surface area contributed by atoms with Crippen molar-refractivity contribution in [1.29, 1.82) is 0 Å². The third-order valence-electron chi connectivity index (χ3n) is 3.87. The lowest BCUT2D eigenvalue weighted by Gasteiger charge is -2.19. The zero-order valence-corrected chi connectivity index (χ0v) is 17.5. The molecule has 0 fully saturated rings. The molecule has 0 atom stereocenters. The van der Waals surface area contributed by atoms with Gasteiger partial charge in [-0.2, -0.15) is 0 Å². The Hall–Kier alpha value is -2.67. The van der Waals surface area contributed by atoms with Gasteiger partial charge in [-0.05, 0) is 53.5 Å². The fourth-order valence-corrected chi connectivity index (χ4v) is 3.07. The average Bonchev–Trinajstić information content (AvgIpc) is 2.67. The monoisotopic (exact) mass is 447 g/mol. The van der Waals surface area contributed by atoms with Crippen LogP contribution < -0.4 is 24.3 Å². The maximum Gasteiger partial charge on any atom is 0.248 e. The number of halogens is 1. The minimum absolute atomic E-state index is 0.0468. The first-order valence-corrected chi connectivity index (χ1v) is 9.68. The minimum atomic E-state index is -0.265. The van der Waals surface area contributed by atoms with Gasteiger partial charge in [0.05, 0.1) is 18.9 Å². The average molecular weight is 448 g/mol. The molecule has 2 aromatic carbocycles. The Labute approximate surface area is 172 Å². The molecule has 28 heavy (non-hydrogen) atoms. The van der Waals surface area contributed by atoms with Gasteiger partial charge in [-0.1, -0.05) is 6.07 Å². The summed E-state index contributed by atoms with van der Waals surface area (Å²) in [6, 6.07) is 9.04. The lowest BCUT2D eigenvalue weighted by Crippen LogP contribution is -2.16. The van der Waals surface area contributed by atoms with Crippen molar-refractivity contribution in [1.82, 2.24) is 0 Å². The minimum Gasteiger partial charge on any atom is -0.493 e. The van der Waals surface area contributed by atoms with E-state index in [1.54, 1.807) is 25.3 Å². The van der Waals surface area contributed by atoms with E-state index in [0.29, 0.717) is 41.9 Å². The van der Waals surface area contributed by atoms with Crippen molar-refractivity contribution in [3.8, 4) is 23.0 Å². The Morgan fingerprint density at radius 2 is 1.86 bits per heavy atom. The van der Waals surface area contributed by atoms with Crippen LogP contribution in [-0.4, -0.2) is 32.3 Å². The van der Waals surface area contributed by atoms with Gasteiger partial charge in [-0.25, -0.2) is 0 Å². The quantitative estimate of drug-likeness (QED) is 0.651. The molecule has 0 radical (unpaired) electrons. The summed E-state index contributed by atoms with van der Waals surface area (Å²) in [6.07, 6.45) is 3.22. The molecule has 0 unspecified atom stereocenters. The number of methoxy groups -OCH3 is 1. The Balaban J connectivity index is 1.70. The van der Waals surface area contributed by atoms with Crippen LogP contribution in [0.4, 0.5) is 5.69 Å². The maximum absolute atomic E-state index is 12.3. The first-order valence-electron chi connectivity index (χ1n) is 8.89. The molecule has 0 saturated carbocycles. The number of hydrogen-bond donors (Lipinski definition) is 1. The summed E-state index contributed by atoms with van der Waals surface area (Å²) < 4.78 is 22.9. The van der Waals surface area contributed by atoms with Crippen molar-refractivity contribution in [2.45, 2.75) is 20.0 Å².